The minimum atomic E-state index is 0.0162. The molecule has 4 rings (SSSR count). The standard InChI is InChI=1S/C20H23N3OS/c1-15(20(24)18-13-21-19-7-3-2-6-17(18)19)23-10-8-22(9-11-23)14-16-5-4-12-25-16/h2-7,12-13,15,21H,8-11,14H2,1H3/p+2/t15-/m1/s1. The molecular formula is C20H25N3OS+2. The molecule has 3 aromatic rings. The number of quaternary nitrogens is 2. The SMILES string of the molecule is C[C@H](C(=O)c1c[nH]c2ccccc12)[NH+]1CC[NH+](Cc2cccs2)CC1. The van der Waals surface area contributed by atoms with Crippen LogP contribution in [0.1, 0.15) is 22.2 Å². The largest absolute Gasteiger partial charge is 0.360 e. The molecule has 3 N–H and O–H groups in total. The molecule has 0 bridgehead atoms. The van der Waals surface area contributed by atoms with Crippen LogP contribution in [0.15, 0.2) is 48.0 Å². The summed E-state index contributed by atoms with van der Waals surface area (Å²) in [6, 6.07) is 12.4. The highest BCUT2D eigenvalue weighted by molar-refractivity contribution is 7.09. The predicted molar refractivity (Wildman–Crippen MR) is 102 cm³/mol. The first kappa shape index (κ1) is 16.5. The lowest BCUT2D eigenvalue weighted by Crippen LogP contribution is -3.29. The van der Waals surface area contributed by atoms with E-state index in [1.165, 1.54) is 9.78 Å². The van der Waals surface area contributed by atoms with Gasteiger partial charge < -0.3 is 14.8 Å². The smallest absolute Gasteiger partial charge is 0.221 e. The van der Waals surface area contributed by atoms with Crippen LogP contribution < -0.4 is 9.80 Å². The molecular weight excluding hydrogens is 330 g/mol. The van der Waals surface area contributed by atoms with Gasteiger partial charge in [0.15, 0.2) is 0 Å². The maximum Gasteiger partial charge on any atom is 0.221 e. The van der Waals surface area contributed by atoms with Gasteiger partial charge in [0.25, 0.3) is 0 Å². The molecule has 25 heavy (non-hydrogen) atoms. The molecule has 0 unspecified atom stereocenters. The quantitative estimate of drug-likeness (QED) is 0.582. The van der Waals surface area contributed by atoms with Gasteiger partial charge >= 0.3 is 0 Å². The highest BCUT2D eigenvalue weighted by atomic mass is 32.1. The maximum absolute atomic E-state index is 13.0. The van der Waals surface area contributed by atoms with E-state index in [4.69, 9.17) is 0 Å². The molecule has 0 saturated carbocycles. The Balaban J connectivity index is 1.40. The van der Waals surface area contributed by atoms with E-state index in [2.05, 4.69) is 29.4 Å². The van der Waals surface area contributed by atoms with Crippen LogP contribution in [0.4, 0.5) is 0 Å². The van der Waals surface area contributed by atoms with Gasteiger partial charge in [0.2, 0.25) is 5.78 Å². The van der Waals surface area contributed by atoms with Crippen molar-refractivity contribution in [2.45, 2.75) is 19.5 Å². The zero-order chi connectivity index (χ0) is 17.2. The van der Waals surface area contributed by atoms with Crippen molar-refractivity contribution < 1.29 is 14.6 Å². The fourth-order valence-corrected chi connectivity index (χ4v) is 4.66. The molecule has 4 nitrogen and oxygen atoms in total. The molecule has 1 aliphatic rings. The second-order valence-electron chi connectivity index (χ2n) is 7.00. The number of H-pyrrole nitrogens is 1. The number of hydrogen-bond acceptors (Lipinski definition) is 2. The number of rotatable bonds is 5. The minimum Gasteiger partial charge on any atom is -0.360 e. The Bertz CT molecular complexity index is 847. The van der Waals surface area contributed by atoms with Crippen LogP contribution in [0, 0.1) is 0 Å². The number of aromatic amines is 1. The van der Waals surface area contributed by atoms with Gasteiger partial charge in [0.1, 0.15) is 38.8 Å². The van der Waals surface area contributed by atoms with Crippen molar-refractivity contribution >= 4 is 28.0 Å². The number of carbonyl (C=O) groups is 1. The third-order valence-electron chi connectivity index (χ3n) is 5.46. The highest BCUT2D eigenvalue weighted by Crippen LogP contribution is 2.18. The molecule has 0 spiro atoms. The van der Waals surface area contributed by atoms with E-state index in [1.54, 1.807) is 4.90 Å². The van der Waals surface area contributed by atoms with Crippen LogP contribution in [-0.2, 0) is 6.54 Å². The molecule has 130 valence electrons. The van der Waals surface area contributed by atoms with E-state index in [0.717, 1.165) is 49.2 Å². The van der Waals surface area contributed by atoms with Gasteiger partial charge in [-0.05, 0) is 24.4 Å². The van der Waals surface area contributed by atoms with Crippen molar-refractivity contribution in [1.82, 2.24) is 4.98 Å². The third-order valence-corrected chi connectivity index (χ3v) is 6.34. The normalized spacial score (nSPS) is 22.1. The summed E-state index contributed by atoms with van der Waals surface area (Å²) in [5, 5.41) is 3.19. The number of fused-ring (bicyclic) bond motifs is 1. The Morgan fingerprint density at radius 3 is 2.72 bits per heavy atom. The number of nitrogens with one attached hydrogen (secondary N) is 3. The molecule has 0 aliphatic carbocycles. The second-order valence-corrected chi connectivity index (χ2v) is 8.03. The lowest BCUT2D eigenvalue weighted by molar-refractivity contribution is -1.02. The number of hydrogen-bond donors (Lipinski definition) is 3. The average Bonchev–Trinajstić information content (AvgIpc) is 3.31. The van der Waals surface area contributed by atoms with Crippen LogP contribution >= 0.6 is 11.3 Å². The van der Waals surface area contributed by atoms with Crippen molar-refractivity contribution in [1.29, 1.82) is 0 Å². The van der Waals surface area contributed by atoms with Crippen LogP contribution in [0.25, 0.3) is 10.9 Å². The summed E-state index contributed by atoms with van der Waals surface area (Å²) in [6.45, 7) is 7.61. The second kappa shape index (κ2) is 7.12. The fraction of sp³-hybridized carbons (Fsp3) is 0.350. The van der Waals surface area contributed by atoms with E-state index in [1.807, 2.05) is 41.8 Å². The molecule has 2 aromatic heterocycles. The maximum atomic E-state index is 13.0. The number of benzene rings is 1. The van der Waals surface area contributed by atoms with Gasteiger partial charge in [0.05, 0.1) is 4.88 Å². The van der Waals surface area contributed by atoms with Gasteiger partial charge in [-0.2, -0.15) is 0 Å². The molecule has 3 heterocycles. The first-order chi connectivity index (χ1) is 12.2. The van der Waals surface area contributed by atoms with E-state index in [-0.39, 0.29) is 11.8 Å². The summed E-state index contributed by atoms with van der Waals surface area (Å²) >= 11 is 1.84. The molecule has 1 aromatic carbocycles. The Labute approximate surface area is 152 Å². The summed E-state index contributed by atoms with van der Waals surface area (Å²) in [5.74, 6) is 0.258. The van der Waals surface area contributed by atoms with E-state index < -0.39 is 0 Å². The van der Waals surface area contributed by atoms with Gasteiger partial charge in [-0.3, -0.25) is 4.79 Å². The lowest BCUT2D eigenvalue weighted by Gasteiger charge is -2.32. The first-order valence-corrected chi connectivity index (χ1v) is 9.91. The Kier molecular flexibility index (Phi) is 4.70. The predicted octanol–water partition coefficient (Wildman–Crippen LogP) is 0.784. The van der Waals surface area contributed by atoms with Crippen LogP contribution in [0.2, 0.25) is 0 Å². The number of carbonyl (C=O) groups excluding carboxylic acids is 1. The minimum absolute atomic E-state index is 0.0162. The molecule has 1 aliphatic heterocycles. The Morgan fingerprint density at radius 1 is 1.16 bits per heavy atom. The first-order valence-electron chi connectivity index (χ1n) is 9.03. The van der Waals surface area contributed by atoms with Crippen LogP contribution in [0.5, 0.6) is 0 Å². The molecule has 0 radical (unpaired) electrons. The summed E-state index contributed by atoms with van der Waals surface area (Å²) in [5.41, 5.74) is 1.88. The number of piperazine rings is 1. The van der Waals surface area contributed by atoms with Gasteiger partial charge in [-0.15, -0.1) is 11.3 Å². The van der Waals surface area contributed by atoms with Crippen molar-refractivity contribution in [3.8, 4) is 0 Å². The van der Waals surface area contributed by atoms with E-state index >= 15 is 0 Å². The number of ketones is 1. The Hall–Kier alpha value is -1.95. The highest BCUT2D eigenvalue weighted by Gasteiger charge is 2.32. The number of Topliss-reactive ketones (excluding diaryl/α,β-unsaturated/α-hetero) is 1. The molecule has 1 saturated heterocycles. The Morgan fingerprint density at radius 2 is 1.96 bits per heavy atom. The lowest BCUT2D eigenvalue weighted by atomic mass is 10.0. The van der Waals surface area contributed by atoms with Crippen molar-refractivity contribution in [2.75, 3.05) is 26.2 Å². The van der Waals surface area contributed by atoms with E-state index in [9.17, 15) is 4.79 Å². The molecule has 1 fully saturated rings. The molecule has 5 heteroatoms. The van der Waals surface area contributed by atoms with Crippen molar-refractivity contribution in [3.63, 3.8) is 0 Å². The fourth-order valence-electron chi connectivity index (χ4n) is 3.89. The topological polar surface area (TPSA) is 41.7 Å². The van der Waals surface area contributed by atoms with Gasteiger partial charge in [-0.1, -0.05) is 24.3 Å². The molecule has 0 amide bonds. The third kappa shape index (κ3) is 3.40. The zero-order valence-electron chi connectivity index (χ0n) is 14.5. The molecule has 1 atom stereocenters. The van der Waals surface area contributed by atoms with Gasteiger partial charge in [0, 0.05) is 22.7 Å². The summed E-state index contributed by atoms with van der Waals surface area (Å²) in [4.78, 5) is 20.8. The average molecular weight is 356 g/mol. The van der Waals surface area contributed by atoms with Crippen LogP contribution in [0.3, 0.4) is 0 Å². The monoisotopic (exact) mass is 355 g/mol. The van der Waals surface area contributed by atoms with Crippen molar-refractivity contribution in [3.05, 3.63) is 58.4 Å². The number of thiophene rings is 1. The van der Waals surface area contributed by atoms with E-state index in [0.29, 0.717) is 0 Å². The zero-order valence-corrected chi connectivity index (χ0v) is 15.4. The van der Waals surface area contributed by atoms with Crippen LogP contribution in [-0.4, -0.2) is 43.0 Å². The number of aromatic nitrogens is 1. The van der Waals surface area contributed by atoms with Gasteiger partial charge in [-0.25, -0.2) is 0 Å². The number of para-hydroxylation sites is 1. The summed E-state index contributed by atoms with van der Waals surface area (Å²) < 4.78 is 0. The summed E-state index contributed by atoms with van der Waals surface area (Å²) in [7, 11) is 0. The van der Waals surface area contributed by atoms with Crippen molar-refractivity contribution in [2.24, 2.45) is 0 Å². The summed E-state index contributed by atoms with van der Waals surface area (Å²) in [6.07, 6.45) is 1.88.